The Morgan fingerprint density at radius 1 is 1.08 bits per heavy atom. The standard InChI is InChI=1S/C10H19N2/c1-2-4-9(5-3-1)10-8-11-6-7-12-10/h9-11H,1-8H2. The molecule has 1 saturated heterocycles. The van der Waals surface area contributed by atoms with Gasteiger partial charge in [0.2, 0.25) is 0 Å². The number of hydrogen-bond donors (Lipinski definition) is 1. The molecule has 1 saturated carbocycles. The maximum atomic E-state index is 4.69. The number of piperazine rings is 1. The lowest BCUT2D eigenvalue weighted by atomic mass is 9.83. The summed E-state index contributed by atoms with van der Waals surface area (Å²) < 4.78 is 0. The van der Waals surface area contributed by atoms with Gasteiger partial charge in [0.25, 0.3) is 0 Å². The van der Waals surface area contributed by atoms with Gasteiger partial charge in [-0.25, -0.2) is 5.32 Å². The van der Waals surface area contributed by atoms with E-state index in [1.807, 2.05) is 0 Å². The van der Waals surface area contributed by atoms with Gasteiger partial charge in [0.1, 0.15) is 0 Å². The summed E-state index contributed by atoms with van der Waals surface area (Å²) in [7, 11) is 0. The van der Waals surface area contributed by atoms with E-state index < -0.39 is 0 Å². The maximum absolute atomic E-state index is 4.69. The van der Waals surface area contributed by atoms with Crippen molar-refractivity contribution in [1.29, 1.82) is 0 Å². The molecule has 1 unspecified atom stereocenters. The van der Waals surface area contributed by atoms with Crippen molar-refractivity contribution < 1.29 is 0 Å². The Balaban J connectivity index is 1.80. The number of nitrogens with one attached hydrogen (secondary N) is 1. The van der Waals surface area contributed by atoms with Crippen molar-refractivity contribution in [3.63, 3.8) is 0 Å². The Bertz CT molecular complexity index is 108. The molecular formula is C10H19N2. The fraction of sp³-hybridized carbons (Fsp3) is 1.00. The van der Waals surface area contributed by atoms with E-state index in [-0.39, 0.29) is 0 Å². The van der Waals surface area contributed by atoms with Gasteiger partial charge < -0.3 is 5.32 Å². The van der Waals surface area contributed by atoms with Crippen LogP contribution in [0.2, 0.25) is 0 Å². The van der Waals surface area contributed by atoms with Gasteiger partial charge in [0.05, 0.1) is 0 Å². The first kappa shape index (κ1) is 8.52. The Morgan fingerprint density at radius 2 is 1.92 bits per heavy atom. The van der Waals surface area contributed by atoms with Crippen LogP contribution in [0.4, 0.5) is 0 Å². The quantitative estimate of drug-likeness (QED) is 0.623. The smallest absolute Gasteiger partial charge is 0.0399 e. The molecule has 0 spiro atoms. The molecule has 12 heavy (non-hydrogen) atoms. The maximum Gasteiger partial charge on any atom is 0.0399 e. The van der Waals surface area contributed by atoms with Crippen LogP contribution in [0.1, 0.15) is 32.1 Å². The van der Waals surface area contributed by atoms with E-state index in [4.69, 9.17) is 5.32 Å². The average Bonchev–Trinajstić information content (AvgIpc) is 2.21. The molecule has 1 aliphatic carbocycles. The predicted octanol–water partition coefficient (Wildman–Crippen LogP) is 1.14. The minimum Gasteiger partial charge on any atom is -0.314 e. The third-order valence-corrected chi connectivity index (χ3v) is 3.20. The molecule has 2 fully saturated rings. The fourth-order valence-corrected chi connectivity index (χ4v) is 2.46. The van der Waals surface area contributed by atoms with E-state index in [1.165, 1.54) is 32.1 Å². The molecule has 0 amide bonds. The third kappa shape index (κ3) is 1.99. The van der Waals surface area contributed by atoms with Crippen LogP contribution in [0.25, 0.3) is 0 Å². The molecule has 0 aromatic carbocycles. The second-order valence-electron chi connectivity index (χ2n) is 4.08. The summed E-state index contributed by atoms with van der Waals surface area (Å²) >= 11 is 0. The largest absolute Gasteiger partial charge is 0.314 e. The fourth-order valence-electron chi connectivity index (χ4n) is 2.46. The van der Waals surface area contributed by atoms with Crippen LogP contribution in [0.15, 0.2) is 0 Å². The summed E-state index contributed by atoms with van der Waals surface area (Å²) in [4.78, 5) is 0. The molecule has 0 bridgehead atoms. The van der Waals surface area contributed by atoms with E-state index in [0.717, 1.165) is 25.6 Å². The molecule has 1 radical (unpaired) electrons. The van der Waals surface area contributed by atoms with E-state index in [2.05, 4.69) is 5.32 Å². The Hall–Kier alpha value is -0.0800. The van der Waals surface area contributed by atoms with Crippen molar-refractivity contribution in [3.8, 4) is 0 Å². The highest BCUT2D eigenvalue weighted by Crippen LogP contribution is 2.26. The summed E-state index contributed by atoms with van der Waals surface area (Å²) in [5.41, 5.74) is 0. The van der Waals surface area contributed by atoms with Crippen LogP contribution in [0.3, 0.4) is 0 Å². The molecule has 2 nitrogen and oxygen atoms in total. The van der Waals surface area contributed by atoms with Gasteiger partial charge in [0.15, 0.2) is 0 Å². The average molecular weight is 167 g/mol. The lowest BCUT2D eigenvalue weighted by molar-refractivity contribution is 0.241. The van der Waals surface area contributed by atoms with Crippen LogP contribution >= 0.6 is 0 Å². The molecule has 69 valence electrons. The Kier molecular flexibility index (Phi) is 3.01. The molecule has 1 N–H and O–H groups in total. The van der Waals surface area contributed by atoms with Gasteiger partial charge in [-0.15, -0.1) is 0 Å². The monoisotopic (exact) mass is 167 g/mol. The zero-order valence-electron chi connectivity index (χ0n) is 7.76. The molecule has 1 aliphatic heterocycles. The summed E-state index contributed by atoms with van der Waals surface area (Å²) in [6.45, 7) is 3.29. The Labute approximate surface area is 75.1 Å². The van der Waals surface area contributed by atoms with Crippen LogP contribution < -0.4 is 10.6 Å². The highest BCUT2D eigenvalue weighted by Gasteiger charge is 2.25. The van der Waals surface area contributed by atoms with E-state index in [0.29, 0.717) is 6.04 Å². The second kappa shape index (κ2) is 4.24. The first-order valence-electron chi connectivity index (χ1n) is 5.34. The van der Waals surface area contributed by atoms with Crippen molar-refractivity contribution in [2.24, 2.45) is 5.92 Å². The second-order valence-corrected chi connectivity index (χ2v) is 4.08. The SMILES string of the molecule is C1CCC(C2CNCC[N]2)CC1. The van der Waals surface area contributed by atoms with Crippen LogP contribution in [0, 0.1) is 5.92 Å². The number of nitrogens with zero attached hydrogens (tertiary/aromatic N) is 1. The van der Waals surface area contributed by atoms with Crippen molar-refractivity contribution in [2.75, 3.05) is 19.6 Å². The van der Waals surface area contributed by atoms with Gasteiger partial charge in [-0.05, 0) is 18.8 Å². The summed E-state index contributed by atoms with van der Waals surface area (Å²) in [6, 6.07) is 0.652. The molecule has 2 heteroatoms. The van der Waals surface area contributed by atoms with Crippen molar-refractivity contribution in [3.05, 3.63) is 0 Å². The number of hydrogen-bond acceptors (Lipinski definition) is 1. The van der Waals surface area contributed by atoms with Gasteiger partial charge >= 0.3 is 0 Å². The van der Waals surface area contributed by atoms with E-state index in [1.54, 1.807) is 0 Å². The zero-order valence-corrected chi connectivity index (χ0v) is 7.76. The van der Waals surface area contributed by atoms with Crippen LogP contribution in [-0.4, -0.2) is 25.7 Å². The van der Waals surface area contributed by atoms with Gasteiger partial charge in [-0.3, -0.25) is 0 Å². The Morgan fingerprint density at radius 3 is 2.58 bits per heavy atom. The van der Waals surface area contributed by atoms with E-state index in [9.17, 15) is 0 Å². The first-order valence-corrected chi connectivity index (χ1v) is 5.34. The molecular weight excluding hydrogens is 148 g/mol. The van der Waals surface area contributed by atoms with Gasteiger partial charge in [0, 0.05) is 25.7 Å². The van der Waals surface area contributed by atoms with Gasteiger partial charge in [-0.2, -0.15) is 0 Å². The predicted molar refractivity (Wildman–Crippen MR) is 50.2 cm³/mol. The van der Waals surface area contributed by atoms with Crippen LogP contribution in [0.5, 0.6) is 0 Å². The molecule has 2 rings (SSSR count). The molecule has 2 aliphatic rings. The van der Waals surface area contributed by atoms with Gasteiger partial charge in [-0.1, -0.05) is 19.3 Å². The minimum atomic E-state index is 0.652. The summed E-state index contributed by atoms with van der Waals surface area (Å²) in [5, 5.41) is 8.13. The van der Waals surface area contributed by atoms with Crippen LogP contribution in [-0.2, 0) is 0 Å². The first-order chi connectivity index (χ1) is 5.97. The summed E-state index contributed by atoms with van der Waals surface area (Å²) in [5.74, 6) is 0.909. The lowest BCUT2D eigenvalue weighted by Crippen LogP contribution is -2.48. The zero-order chi connectivity index (χ0) is 8.23. The topological polar surface area (TPSA) is 26.1 Å². The lowest BCUT2D eigenvalue weighted by Gasteiger charge is -2.32. The summed E-state index contributed by atoms with van der Waals surface area (Å²) in [6.07, 6.45) is 7.19. The number of rotatable bonds is 1. The van der Waals surface area contributed by atoms with Crippen molar-refractivity contribution in [1.82, 2.24) is 10.6 Å². The molecule has 0 aromatic rings. The molecule has 1 atom stereocenters. The third-order valence-electron chi connectivity index (χ3n) is 3.20. The molecule has 0 aromatic heterocycles. The molecule has 1 heterocycles. The van der Waals surface area contributed by atoms with Crippen molar-refractivity contribution in [2.45, 2.75) is 38.1 Å². The highest BCUT2D eigenvalue weighted by atomic mass is 15.1. The van der Waals surface area contributed by atoms with E-state index >= 15 is 0 Å². The van der Waals surface area contributed by atoms with Crippen molar-refractivity contribution >= 4 is 0 Å². The highest BCUT2D eigenvalue weighted by molar-refractivity contribution is 4.83. The normalized spacial score (nSPS) is 33.5. The minimum absolute atomic E-state index is 0.652.